The first-order valence-corrected chi connectivity index (χ1v) is 41.4. The summed E-state index contributed by atoms with van der Waals surface area (Å²) in [5, 5.41) is 95.8. The molecule has 10 aromatic rings. The van der Waals surface area contributed by atoms with Gasteiger partial charge in [-0.3, -0.25) is 0 Å². The van der Waals surface area contributed by atoms with Gasteiger partial charge in [0.15, 0.2) is 11.4 Å². The molecule has 23 heteroatoms. The minimum Gasteiger partial charge on any atom is -0.495 e. The van der Waals surface area contributed by atoms with Gasteiger partial charge < -0.3 is 4.74 Å². The van der Waals surface area contributed by atoms with E-state index in [-0.39, 0.29) is 23.0 Å². The first kappa shape index (κ1) is 111. The zero-order valence-electron chi connectivity index (χ0n) is 76.1. The van der Waals surface area contributed by atoms with Crippen LogP contribution in [0.2, 0.25) is 10.0 Å². The number of hydrogen-bond acceptors (Lipinski definition) is 14. The molecule has 0 amide bonds. The first-order chi connectivity index (χ1) is 59.6. The number of alkyl halides is 6. The van der Waals surface area contributed by atoms with E-state index in [4.69, 9.17) is 85.8 Å². The SMILES string of the molecule is CC(C)c1ccc(C#N)c(C#N)c1.CC(C)c1ccc(C#N)c(C(F)(F)F)c1.CC(C)c1ccc(C#N)c(Cl)c1.CC(C)c1ccc(C#N)c(F)c1.CC(C)c1ccc(C#N)cc1.CC(C)c1cnc(C#N)c(C(F)(F)F)c1.CC(C)c1cnc(C#N)c(Cl)c1.COc1cc(C(C)C)ccc1C#N.Cc1cc(C(C)C)ccc1C#N.Cc1cc(C(C)C)ccc1C#N. The summed E-state index contributed by atoms with van der Waals surface area (Å²) in [6.07, 6.45) is -5.99. The summed E-state index contributed by atoms with van der Waals surface area (Å²) in [7, 11) is 1.58. The number of pyridine rings is 2. The smallest absolute Gasteiger partial charge is 0.419 e. The normalized spacial score (nSPS) is 10.2. The number of nitriles is 11. The number of halogens is 9. The van der Waals surface area contributed by atoms with Crippen molar-refractivity contribution in [3.05, 3.63) is 331 Å². The van der Waals surface area contributed by atoms with Gasteiger partial charge in [-0.15, -0.1) is 0 Å². The molecule has 0 radical (unpaired) electrons. The Kier molecular flexibility index (Phi) is 48.7. The maximum atomic E-state index is 13.0. The van der Waals surface area contributed by atoms with Gasteiger partial charge in [-0.05, 0) is 237 Å². The number of aryl methyl sites for hydroxylation is 2. The van der Waals surface area contributed by atoms with Crippen molar-refractivity contribution in [2.45, 2.75) is 224 Å². The van der Waals surface area contributed by atoms with Crippen molar-refractivity contribution >= 4 is 23.2 Å². The highest BCUT2D eigenvalue weighted by molar-refractivity contribution is 6.32. The lowest BCUT2D eigenvalue weighted by Gasteiger charge is -2.12. The molecule has 8 aromatic carbocycles. The van der Waals surface area contributed by atoms with Crippen molar-refractivity contribution in [2.75, 3.05) is 7.11 Å². The van der Waals surface area contributed by atoms with Crippen LogP contribution in [-0.2, 0) is 12.4 Å². The van der Waals surface area contributed by atoms with Crippen LogP contribution in [0.1, 0.15) is 337 Å². The van der Waals surface area contributed by atoms with Crippen LogP contribution in [0, 0.1) is 144 Å². The molecule has 2 aromatic heterocycles. The van der Waals surface area contributed by atoms with Gasteiger partial charge in [-0.2, -0.15) is 84.2 Å². The van der Waals surface area contributed by atoms with Gasteiger partial charge >= 0.3 is 12.4 Å². The molecule has 0 N–H and O–H groups in total. The Morgan fingerprint density at radius 1 is 0.276 bits per heavy atom. The highest BCUT2D eigenvalue weighted by atomic mass is 35.5. The van der Waals surface area contributed by atoms with Crippen molar-refractivity contribution in [3.63, 3.8) is 0 Å². The summed E-state index contributed by atoms with van der Waals surface area (Å²) < 4.78 is 93.1. The van der Waals surface area contributed by atoms with Gasteiger partial charge in [0.25, 0.3) is 0 Å². The van der Waals surface area contributed by atoms with Gasteiger partial charge in [0.2, 0.25) is 0 Å². The minimum atomic E-state index is -4.52. The summed E-state index contributed by atoms with van der Waals surface area (Å²) >= 11 is 11.6. The van der Waals surface area contributed by atoms with Crippen LogP contribution in [0.3, 0.4) is 0 Å². The summed E-state index contributed by atoms with van der Waals surface area (Å²) in [6.45, 7) is 44.6. The topological polar surface area (TPSA) is 297 Å². The van der Waals surface area contributed by atoms with Crippen LogP contribution >= 0.6 is 23.2 Å². The Labute approximate surface area is 756 Å². The van der Waals surface area contributed by atoms with E-state index in [0.717, 1.165) is 56.6 Å². The second-order valence-corrected chi connectivity index (χ2v) is 32.7. The van der Waals surface area contributed by atoms with Crippen molar-refractivity contribution < 1.29 is 35.5 Å². The van der Waals surface area contributed by atoms with Gasteiger partial charge in [0.1, 0.15) is 54.1 Å². The van der Waals surface area contributed by atoms with Crippen LogP contribution in [0.4, 0.5) is 30.7 Å². The van der Waals surface area contributed by atoms with Gasteiger partial charge in [0.05, 0.1) is 103 Å². The fraction of sp³-hybridized carbons (Fsp3) is 0.337. The summed E-state index contributed by atoms with van der Waals surface area (Å²) in [5.74, 6) is 3.81. The summed E-state index contributed by atoms with van der Waals surface area (Å²) in [5.41, 5.74) is 14.5. The molecule has 14 nitrogen and oxygen atoms in total. The second kappa shape index (κ2) is 55.5. The van der Waals surface area contributed by atoms with E-state index >= 15 is 0 Å². The molecule has 0 saturated heterocycles. The monoisotopic (exact) mass is 1760 g/mol. The van der Waals surface area contributed by atoms with E-state index in [2.05, 4.69) is 143 Å². The number of methoxy groups -OCH3 is 1. The third-order valence-electron chi connectivity index (χ3n) is 19.1. The Morgan fingerprint density at radius 3 is 0.898 bits per heavy atom. The third-order valence-corrected chi connectivity index (χ3v) is 19.7. The summed E-state index contributed by atoms with van der Waals surface area (Å²) in [4.78, 5) is 7.43. The first-order valence-electron chi connectivity index (χ1n) is 40.6. The van der Waals surface area contributed by atoms with E-state index in [1.807, 2.05) is 145 Å². The van der Waals surface area contributed by atoms with Crippen LogP contribution in [0.25, 0.3) is 0 Å². The molecule has 0 aliphatic carbocycles. The number of nitrogens with zero attached hydrogens (tertiary/aromatic N) is 13. The van der Waals surface area contributed by atoms with Crippen molar-refractivity contribution in [1.29, 1.82) is 57.9 Å². The molecule has 0 aliphatic heterocycles. The highest BCUT2D eigenvalue weighted by Gasteiger charge is 2.36. The molecule has 10 rings (SSSR count). The summed E-state index contributed by atoms with van der Waals surface area (Å²) in [6, 6.07) is 68.9. The van der Waals surface area contributed by atoms with Gasteiger partial charge in [0, 0.05) is 12.4 Å². The number of aromatic nitrogens is 2. The number of hydrogen-bond donors (Lipinski definition) is 0. The van der Waals surface area contributed by atoms with Gasteiger partial charge in [-0.25, -0.2) is 14.4 Å². The molecule has 0 saturated carbocycles. The lowest BCUT2D eigenvalue weighted by Crippen LogP contribution is -2.10. The molecule has 0 bridgehead atoms. The van der Waals surface area contributed by atoms with Crippen molar-refractivity contribution in [1.82, 2.24) is 9.97 Å². The maximum Gasteiger partial charge on any atom is 0.419 e. The Balaban J connectivity index is 0.000000706. The number of ether oxygens (including phenoxy) is 1. The Hall–Kier alpha value is -13.7. The molecule has 0 spiro atoms. The lowest BCUT2D eigenvalue weighted by atomic mass is 9.97. The molecule has 0 fully saturated rings. The van der Waals surface area contributed by atoms with Crippen molar-refractivity contribution in [2.24, 2.45) is 0 Å². The number of rotatable bonds is 11. The fourth-order valence-electron chi connectivity index (χ4n) is 10.7. The van der Waals surface area contributed by atoms with E-state index in [1.165, 1.54) is 58.3 Å². The maximum absolute atomic E-state index is 13.0. The molecule has 0 atom stereocenters. The standard InChI is InChI=1S/C11H10F3N.C11H10N2.C11H13NO.2C11H13N.C10H10ClN.C10H9F3N2.C10H10FN.C10H11N.C9H9ClN2/c1-7(2)8-3-4-9(6-15)10(5-8)11(12,13)14;1-8(2)9-3-4-10(6-12)11(5-9)7-13;1-8(2)9-4-5-10(7-12)11(6-9)13-3;2*1-8(2)10-4-5-11(7-12)9(3)6-10;1-7(2)8-3-4-9(6-12)10(11)5-8;1-6(2)7-3-8(10(11,12)13)9(4-14)15-5-7;1-7(2)8-3-4-9(6-12)10(11)5-8;1-8(2)10-5-3-9(7-11)4-6-10;1-6(2)7-3-8(10)9(4-11)12-5-7/h3-5,7H,1-2H3;3-5,8H,1-2H3;4-6,8H,1-3H3;2*4-6,8H,1-3H3;3-5,7H,1-2H3;3,5-6H,1-2H3;3-5,7H,1-2H3;3-6,8H,1-2H3;3,5-6H,1-2H3. The second-order valence-electron chi connectivity index (χ2n) is 31.9. The van der Waals surface area contributed by atoms with Crippen LogP contribution < -0.4 is 4.74 Å². The molecule has 658 valence electrons. The molecule has 0 aliphatic rings. The Morgan fingerprint density at radius 2 is 0.567 bits per heavy atom. The zero-order valence-corrected chi connectivity index (χ0v) is 77.7. The molecule has 2 heterocycles. The molecular formula is C104H108Cl2F7N13O. The fourth-order valence-corrected chi connectivity index (χ4v) is 11.2. The number of benzene rings is 8. The molecule has 127 heavy (non-hydrogen) atoms. The Bertz CT molecular complexity index is 5300. The van der Waals surface area contributed by atoms with Crippen LogP contribution in [0.15, 0.2) is 176 Å². The minimum absolute atomic E-state index is 0.0128. The predicted octanol–water partition coefficient (Wildman–Crippen LogP) is 29.6. The van der Waals surface area contributed by atoms with E-state index in [1.54, 1.807) is 81.8 Å². The third kappa shape index (κ3) is 38.2. The highest BCUT2D eigenvalue weighted by Crippen LogP contribution is 2.36. The van der Waals surface area contributed by atoms with E-state index in [0.29, 0.717) is 102 Å². The van der Waals surface area contributed by atoms with Gasteiger partial charge in [-0.1, -0.05) is 228 Å². The van der Waals surface area contributed by atoms with E-state index < -0.39 is 35.0 Å². The largest absolute Gasteiger partial charge is 0.495 e. The van der Waals surface area contributed by atoms with Crippen molar-refractivity contribution in [3.8, 4) is 72.5 Å². The average Bonchev–Trinajstić information content (AvgIpc) is 0.815. The predicted molar refractivity (Wildman–Crippen MR) is 489 cm³/mol. The average molecular weight is 1760 g/mol. The lowest BCUT2D eigenvalue weighted by molar-refractivity contribution is -0.138. The van der Waals surface area contributed by atoms with E-state index in [9.17, 15) is 30.7 Å². The molecule has 0 unspecified atom stereocenters. The molecular weight excluding hydrogens is 1650 g/mol. The zero-order chi connectivity index (χ0) is 96.9. The quantitative estimate of drug-likeness (QED) is 0.109. The van der Waals surface area contributed by atoms with Crippen LogP contribution in [0.5, 0.6) is 5.75 Å². The van der Waals surface area contributed by atoms with Crippen LogP contribution in [-0.4, -0.2) is 17.1 Å².